The van der Waals surface area contributed by atoms with E-state index in [1.165, 1.54) is 6.08 Å². The van der Waals surface area contributed by atoms with Gasteiger partial charge in [0.2, 0.25) is 0 Å². The van der Waals surface area contributed by atoms with Crippen LogP contribution < -0.4 is 20.1 Å². The average molecular weight is 437 g/mol. The third kappa shape index (κ3) is 6.10. The summed E-state index contributed by atoms with van der Waals surface area (Å²) in [6.07, 6.45) is 3.94. The third-order valence-corrected chi connectivity index (χ3v) is 4.66. The minimum absolute atomic E-state index is 0.0175. The minimum atomic E-state index is -0.453. The summed E-state index contributed by atoms with van der Waals surface area (Å²) in [6.45, 7) is 5.37. The van der Waals surface area contributed by atoms with Crippen molar-refractivity contribution in [2.75, 3.05) is 20.1 Å². The zero-order valence-electron chi connectivity index (χ0n) is 18.5. The molecule has 0 bridgehead atoms. The van der Waals surface area contributed by atoms with Crippen LogP contribution >= 0.6 is 0 Å². The van der Waals surface area contributed by atoms with Crippen molar-refractivity contribution in [1.29, 1.82) is 5.41 Å². The topological polar surface area (TPSA) is 104 Å². The van der Waals surface area contributed by atoms with Crippen molar-refractivity contribution in [3.63, 3.8) is 0 Å². The lowest BCUT2D eigenvalue weighted by Gasteiger charge is -2.30. The van der Waals surface area contributed by atoms with Crippen LogP contribution in [0.25, 0.3) is 0 Å². The number of ether oxygens (including phenoxy) is 2. The number of nitrogens with zero attached hydrogens (tertiary/aromatic N) is 1. The number of benzene rings is 2. The SMILES string of the molecule is CN/C=C\C(=N)NC(=O)c1cc(Oc2ccc(C(=O)N3CCC3)cc2)cc(OC(C)C)c1. The van der Waals surface area contributed by atoms with Gasteiger partial charge in [-0.05, 0) is 68.9 Å². The molecular weight excluding hydrogens is 408 g/mol. The number of nitrogens with one attached hydrogen (secondary N) is 3. The monoisotopic (exact) mass is 436 g/mol. The Bertz CT molecular complexity index is 1010. The Balaban J connectivity index is 1.78. The van der Waals surface area contributed by atoms with E-state index in [1.54, 1.807) is 60.6 Å². The van der Waals surface area contributed by atoms with Crippen LogP contribution in [0.15, 0.2) is 54.7 Å². The predicted molar refractivity (Wildman–Crippen MR) is 123 cm³/mol. The fourth-order valence-electron chi connectivity index (χ4n) is 3.01. The summed E-state index contributed by atoms with van der Waals surface area (Å²) in [5, 5.41) is 13.1. The first-order chi connectivity index (χ1) is 15.4. The number of hydrogen-bond donors (Lipinski definition) is 3. The molecular formula is C24H28N4O4. The first-order valence-electron chi connectivity index (χ1n) is 10.5. The van der Waals surface area contributed by atoms with Crippen LogP contribution in [0, 0.1) is 5.41 Å². The van der Waals surface area contributed by atoms with Crippen molar-refractivity contribution in [3.8, 4) is 17.2 Å². The highest BCUT2D eigenvalue weighted by molar-refractivity contribution is 6.09. The average Bonchev–Trinajstić information content (AvgIpc) is 2.70. The Morgan fingerprint density at radius 2 is 1.72 bits per heavy atom. The molecule has 3 rings (SSSR count). The van der Waals surface area contributed by atoms with Crippen LogP contribution in [-0.4, -0.2) is 48.8 Å². The molecule has 0 saturated carbocycles. The summed E-state index contributed by atoms with van der Waals surface area (Å²) in [5.74, 6) is 0.929. The predicted octanol–water partition coefficient (Wildman–Crippen LogP) is 3.55. The summed E-state index contributed by atoms with van der Waals surface area (Å²) >= 11 is 0. The van der Waals surface area contributed by atoms with Gasteiger partial charge in [-0.1, -0.05) is 0 Å². The molecule has 2 amide bonds. The molecule has 1 aliphatic rings. The van der Waals surface area contributed by atoms with Gasteiger partial charge >= 0.3 is 0 Å². The molecule has 0 aliphatic carbocycles. The Morgan fingerprint density at radius 1 is 1.03 bits per heavy atom. The van der Waals surface area contributed by atoms with E-state index < -0.39 is 5.91 Å². The summed E-state index contributed by atoms with van der Waals surface area (Å²) in [7, 11) is 1.70. The van der Waals surface area contributed by atoms with E-state index in [0.29, 0.717) is 28.4 Å². The second kappa shape index (κ2) is 10.5. The molecule has 3 N–H and O–H groups in total. The van der Waals surface area contributed by atoms with E-state index >= 15 is 0 Å². The van der Waals surface area contributed by atoms with E-state index in [1.807, 2.05) is 13.8 Å². The van der Waals surface area contributed by atoms with E-state index in [9.17, 15) is 9.59 Å². The molecule has 0 unspecified atom stereocenters. The summed E-state index contributed by atoms with van der Waals surface area (Å²) in [5.41, 5.74) is 0.910. The summed E-state index contributed by atoms with van der Waals surface area (Å²) in [4.78, 5) is 26.7. The molecule has 168 valence electrons. The molecule has 0 spiro atoms. The van der Waals surface area contributed by atoms with Gasteiger partial charge in [-0.3, -0.25) is 15.0 Å². The van der Waals surface area contributed by atoms with E-state index in [4.69, 9.17) is 14.9 Å². The number of amides is 2. The highest BCUT2D eigenvalue weighted by Gasteiger charge is 2.21. The maximum absolute atomic E-state index is 12.6. The van der Waals surface area contributed by atoms with Gasteiger partial charge in [0.25, 0.3) is 11.8 Å². The molecule has 8 nitrogen and oxygen atoms in total. The van der Waals surface area contributed by atoms with Crippen LogP contribution in [0.5, 0.6) is 17.2 Å². The molecule has 1 fully saturated rings. The van der Waals surface area contributed by atoms with Crippen molar-refractivity contribution in [2.24, 2.45) is 0 Å². The quantitative estimate of drug-likeness (QED) is 0.434. The Kier molecular flexibility index (Phi) is 7.49. The Hall–Kier alpha value is -3.81. The third-order valence-electron chi connectivity index (χ3n) is 4.66. The highest BCUT2D eigenvalue weighted by atomic mass is 16.5. The number of amidine groups is 1. The first kappa shape index (κ1) is 22.9. The van der Waals surface area contributed by atoms with Gasteiger partial charge in [-0.2, -0.15) is 0 Å². The van der Waals surface area contributed by atoms with Gasteiger partial charge < -0.3 is 25.0 Å². The smallest absolute Gasteiger partial charge is 0.257 e. The molecule has 0 radical (unpaired) electrons. The highest BCUT2D eigenvalue weighted by Crippen LogP contribution is 2.29. The standard InChI is InChI=1S/C24H28N4O4/c1-16(2)31-20-13-18(23(29)27-22(25)9-10-26-3)14-21(15-20)32-19-7-5-17(6-8-19)24(30)28-11-4-12-28/h5-10,13-16,26H,4,11-12H2,1-3H3,(H2,25,27,29)/b10-9-. The summed E-state index contributed by atoms with van der Waals surface area (Å²) in [6, 6.07) is 11.8. The van der Waals surface area contributed by atoms with Gasteiger partial charge in [-0.25, -0.2) is 0 Å². The first-order valence-corrected chi connectivity index (χ1v) is 10.5. The van der Waals surface area contributed by atoms with E-state index in [-0.39, 0.29) is 17.8 Å². The van der Waals surface area contributed by atoms with E-state index in [0.717, 1.165) is 19.5 Å². The van der Waals surface area contributed by atoms with Gasteiger partial charge in [0.15, 0.2) is 0 Å². The lowest BCUT2D eigenvalue weighted by atomic mass is 10.1. The van der Waals surface area contributed by atoms with Gasteiger partial charge in [-0.15, -0.1) is 0 Å². The number of carbonyl (C=O) groups excluding carboxylic acids is 2. The van der Waals surface area contributed by atoms with Gasteiger partial charge in [0.05, 0.1) is 6.10 Å². The van der Waals surface area contributed by atoms with Crippen LogP contribution in [0.4, 0.5) is 0 Å². The van der Waals surface area contributed by atoms with Crippen molar-refractivity contribution in [1.82, 2.24) is 15.5 Å². The molecule has 1 saturated heterocycles. The molecule has 0 atom stereocenters. The van der Waals surface area contributed by atoms with Crippen molar-refractivity contribution in [3.05, 3.63) is 65.9 Å². The zero-order chi connectivity index (χ0) is 23.1. The minimum Gasteiger partial charge on any atom is -0.491 e. The summed E-state index contributed by atoms with van der Waals surface area (Å²) < 4.78 is 11.7. The largest absolute Gasteiger partial charge is 0.491 e. The maximum atomic E-state index is 12.6. The lowest BCUT2D eigenvalue weighted by molar-refractivity contribution is 0.0651. The number of carbonyl (C=O) groups is 2. The molecule has 0 aromatic heterocycles. The Morgan fingerprint density at radius 3 is 2.31 bits per heavy atom. The van der Waals surface area contributed by atoms with Crippen molar-refractivity contribution in [2.45, 2.75) is 26.4 Å². The van der Waals surface area contributed by atoms with Crippen LogP contribution in [0.2, 0.25) is 0 Å². The molecule has 32 heavy (non-hydrogen) atoms. The van der Waals surface area contributed by atoms with Crippen molar-refractivity contribution < 1.29 is 19.1 Å². The van der Waals surface area contributed by atoms with Gasteiger partial charge in [0, 0.05) is 37.3 Å². The molecule has 1 heterocycles. The fraction of sp³-hybridized carbons (Fsp3) is 0.292. The number of hydrogen-bond acceptors (Lipinski definition) is 6. The second-order valence-corrected chi connectivity index (χ2v) is 7.62. The Labute approximate surface area is 187 Å². The number of rotatable bonds is 8. The molecule has 8 heteroatoms. The maximum Gasteiger partial charge on any atom is 0.257 e. The fourth-order valence-corrected chi connectivity index (χ4v) is 3.01. The van der Waals surface area contributed by atoms with Gasteiger partial charge in [0.1, 0.15) is 23.1 Å². The van der Waals surface area contributed by atoms with Crippen LogP contribution in [-0.2, 0) is 0 Å². The second-order valence-electron chi connectivity index (χ2n) is 7.62. The molecule has 2 aromatic carbocycles. The van der Waals surface area contributed by atoms with Crippen molar-refractivity contribution >= 4 is 17.6 Å². The molecule has 2 aromatic rings. The van der Waals surface area contributed by atoms with E-state index in [2.05, 4.69) is 10.6 Å². The normalized spacial score (nSPS) is 12.9. The molecule has 1 aliphatic heterocycles. The lowest BCUT2D eigenvalue weighted by Crippen LogP contribution is -2.41. The van der Waals surface area contributed by atoms with Crippen LogP contribution in [0.1, 0.15) is 41.0 Å². The zero-order valence-corrected chi connectivity index (χ0v) is 18.5. The van der Waals surface area contributed by atoms with Crippen LogP contribution in [0.3, 0.4) is 0 Å². The number of likely N-dealkylation sites (tertiary alicyclic amines) is 1.